The Hall–Kier alpha value is -2.26. The van der Waals surface area contributed by atoms with Crippen LogP contribution in [0.5, 0.6) is 5.75 Å². The van der Waals surface area contributed by atoms with Gasteiger partial charge < -0.3 is 9.72 Å². The molecule has 1 N–H and O–H groups in total. The second-order valence-electron chi connectivity index (χ2n) is 6.25. The number of nitrogens with one attached hydrogen (secondary N) is 1. The van der Waals surface area contributed by atoms with Crippen molar-refractivity contribution in [3.8, 4) is 5.75 Å². The average molecular weight is 342 g/mol. The smallest absolute Gasteiger partial charge is 0.251 e. The minimum absolute atomic E-state index is 0.0677. The summed E-state index contributed by atoms with van der Waals surface area (Å²) in [7, 11) is 0. The zero-order valence-corrected chi connectivity index (χ0v) is 14.7. The van der Waals surface area contributed by atoms with E-state index in [-0.39, 0.29) is 17.6 Å². The third kappa shape index (κ3) is 3.31. The molecule has 0 spiro atoms. The van der Waals surface area contributed by atoms with Gasteiger partial charge >= 0.3 is 0 Å². The van der Waals surface area contributed by atoms with Crippen LogP contribution in [0.2, 0.25) is 5.02 Å². The van der Waals surface area contributed by atoms with Crippen molar-refractivity contribution in [3.63, 3.8) is 0 Å². The molecular formula is C20H20ClNO2. The highest BCUT2D eigenvalue weighted by Gasteiger charge is 2.13. The molecule has 0 aliphatic carbocycles. The second-order valence-corrected chi connectivity index (χ2v) is 6.66. The van der Waals surface area contributed by atoms with Crippen molar-refractivity contribution in [3.05, 3.63) is 75.0 Å². The van der Waals surface area contributed by atoms with Crippen LogP contribution in [0, 0.1) is 0 Å². The largest absolute Gasteiger partial charge is 0.484 e. The molecule has 0 bridgehead atoms. The molecule has 0 radical (unpaired) electrons. The van der Waals surface area contributed by atoms with E-state index >= 15 is 0 Å². The topological polar surface area (TPSA) is 42.1 Å². The maximum atomic E-state index is 12.2. The van der Waals surface area contributed by atoms with Crippen molar-refractivity contribution < 1.29 is 4.74 Å². The molecule has 1 atom stereocenters. The number of hydrogen-bond donors (Lipinski definition) is 1. The Morgan fingerprint density at radius 1 is 1.04 bits per heavy atom. The van der Waals surface area contributed by atoms with E-state index in [1.54, 1.807) is 6.07 Å². The fourth-order valence-corrected chi connectivity index (χ4v) is 2.94. The molecule has 1 aromatic heterocycles. The van der Waals surface area contributed by atoms with E-state index in [0.29, 0.717) is 10.8 Å². The lowest BCUT2D eigenvalue weighted by molar-refractivity contribution is 0.227. The minimum Gasteiger partial charge on any atom is -0.484 e. The number of pyridine rings is 1. The Labute approximate surface area is 146 Å². The maximum Gasteiger partial charge on any atom is 0.251 e. The molecule has 3 nitrogen and oxygen atoms in total. The molecule has 24 heavy (non-hydrogen) atoms. The predicted molar refractivity (Wildman–Crippen MR) is 99.2 cm³/mol. The molecule has 0 saturated heterocycles. The van der Waals surface area contributed by atoms with E-state index in [2.05, 4.69) is 4.98 Å². The first kappa shape index (κ1) is 16.6. The fourth-order valence-electron chi connectivity index (χ4n) is 2.73. The molecule has 0 amide bonds. The molecule has 0 fully saturated rings. The van der Waals surface area contributed by atoms with Crippen LogP contribution in [0.15, 0.2) is 53.3 Å². The van der Waals surface area contributed by atoms with Crippen molar-refractivity contribution in [2.24, 2.45) is 0 Å². The number of halogens is 1. The molecule has 3 rings (SSSR count). The van der Waals surface area contributed by atoms with E-state index < -0.39 is 0 Å². The highest BCUT2D eigenvalue weighted by molar-refractivity contribution is 6.32. The van der Waals surface area contributed by atoms with E-state index in [4.69, 9.17) is 16.3 Å². The zero-order chi connectivity index (χ0) is 17.3. The monoisotopic (exact) mass is 341 g/mol. The first-order chi connectivity index (χ1) is 11.5. The van der Waals surface area contributed by atoms with Gasteiger partial charge in [0.25, 0.3) is 5.56 Å². The number of ether oxygens (including phenoxy) is 1. The van der Waals surface area contributed by atoms with Crippen LogP contribution in [0.4, 0.5) is 0 Å². The van der Waals surface area contributed by atoms with Gasteiger partial charge in [-0.05, 0) is 30.5 Å². The predicted octanol–water partition coefficient (Wildman–Crippen LogP) is 5.44. The van der Waals surface area contributed by atoms with Gasteiger partial charge in [0.05, 0.1) is 10.5 Å². The van der Waals surface area contributed by atoms with Crippen LogP contribution in [0.1, 0.15) is 43.9 Å². The Morgan fingerprint density at radius 2 is 1.75 bits per heavy atom. The van der Waals surface area contributed by atoms with Crippen LogP contribution < -0.4 is 10.3 Å². The van der Waals surface area contributed by atoms with Crippen LogP contribution >= 0.6 is 11.6 Å². The van der Waals surface area contributed by atoms with Gasteiger partial charge in [-0.3, -0.25) is 4.79 Å². The minimum atomic E-state index is -0.136. The van der Waals surface area contributed by atoms with Gasteiger partial charge in [-0.2, -0.15) is 0 Å². The van der Waals surface area contributed by atoms with Gasteiger partial charge in [-0.1, -0.05) is 55.8 Å². The van der Waals surface area contributed by atoms with Gasteiger partial charge in [0.1, 0.15) is 11.9 Å². The summed E-state index contributed by atoms with van der Waals surface area (Å²) in [6.45, 7) is 5.97. The number of hydrogen-bond acceptors (Lipinski definition) is 2. The molecule has 4 heteroatoms. The lowest BCUT2D eigenvalue weighted by Gasteiger charge is -2.17. The Balaban J connectivity index is 1.99. The first-order valence-corrected chi connectivity index (χ1v) is 8.41. The van der Waals surface area contributed by atoms with Gasteiger partial charge in [0.15, 0.2) is 0 Å². The highest BCUT2D eigenvalue weighted by Crippen LogP contribution is 2.32. The number of H-pyrrole nitrogens is 1. The normalized spacial score (nSPS) is 12.5. The maximum absolute atomic E-state index is 12.2. The average Bonchev–Trinajstić information content (AvgIpc) is 2.56. The van der Waals surface area contributed by atoms with Crippen LogP contribution in [-0.4, -0.2) is 4.98 Å². The van der Waals surface area contributed by atoms with Crippen LogP contribution in [0.25, 0.3) is 10.9 Å². The molecule has 0 unspecified atom stereocenters. The summed E-state index contributed by atoms with van der Waals surface area (Å²) in [6, 6.07) is 15.5. The molecule has 3 aromatic rings. The molecule has 0 aliphatic rings. The van der Waals surface area contributed by atoms with Crippen molar-refractivity contribution >= 4 is 22.5 Å². The molecule has 2 aromatic carbocycles. The van der Waals surface area contributed by atoms with Crippen molar-refractivity contribution in [2.45, 2.75) is 32.8 Å². The highest BCUT2D eigenvalue weighted by atomic mass is 35.5. The Kier molecular flexibility index (Phi) is 4.63. The van der Waals surface area contributed by atoms with Gasteiger partial charge in [-0.15, -0.1) is 0 Å². The van der Waals surface area contributed by atoms with Crippen molar-refractivity contribution in [2.75, 3.05) is 0 Å². The van der Waals surface area contributed by atoms with Gasteiger partial charge in [0.2, 0.25) is 0 Å². The third-order valence-electron chi connectivity index (χ3n) is 4.12. The Bertz CT molecular complexity index is 916. The number of benzene rings is 2. The lowest BCUT2D eigenvalue weighted by atomic mass is 10.0. The summed E-state index contributed by atoms with van der Waals surface area (Å²) in [4.78, 5) is 15.1. The zero-order valence-electron chi connectivity index (χ0n) is 14.0. The fraction of sp³-hybridized carbons (Fsp3) is 0.250. The molecule has 1 heterocycles. The number of rotatable bonds is 4. The third-order valence-corrected chi connectivity index (χ3v) is 4.42. The second kappa shape index (κ2) is 6.70. The van der Waals surface area contributed by atoms with Crippen LogP contribution in [-0.2, 0) is 0 Å². The Morgan fingerprint density at radius 3 is 2.42 bits per heavy atom. The van der Waals surface area contributed by atoms with E-state index in [0.717, 1.165) is 22.0 Å². The van der Waals surface area contributed by atoms with Crippen molar-refractivity contribution in [1.29, 1.82) is 0 Å². The van der Waals surface area contributed by atoms with E-state index in [1.165, 1.54) is 0 Å². The first-order valence-electron chi connectivity index (χ1n) is 8.04. The van der Waals surface area contributed by atoms with E-state index in [9.17, 15) is 4.79 Å². The number of aromatic amines is 1. The quantitative estimate of drug-likeness (QED) is 0.686. The summed E-state index contributed by atoms with van der Waals surface area (Å²) in [5.41, 5.74) is 2.48. The molecular weight excluding hydrogens is 322 g/mol. The van der Waals surface area contributed by atoms with Gasteiger partial charge in [-0.25, -0.2) is 0 Å². The standard InChI is InChI=1S/C20H20ClNO2/c1-12(2)16-9-15-10-17(21)19(11-18(15)22-20(16)23)24-13(3)14-7-5-4-6-8-14/h4-13H,1-3H3,(H,22,23)/t13-/m1/s1. The van der Waals surface area contributed by atoms with Crippen molar-refractivity contribution in [1.82, 2.24) is 4.98 Å². The van der Waals surface area contributed by atoms with E-state index in [1.807, 2.05) is 63.2 Å². The molecule has 124 valence electrons. The summed E-state index contributed by atoms with van der Waals surface area (Å²) in [6.07, 6.45) is -0.136. The molecule has 0 saturated carbocycles. The van der Waals surface area contributed by atoms with Gasteiger partial charge in [0, 0.05) is 17.0 Å². The van der Waals surface area contributed by atoms with Crippen LogP contribution in [0.3, 0.4) is 0 Å². The lowest BCUT2D eigenvalue weighted by Crippen LogP contribution is -2.13. The number of aromatic nitrogens is 1. The summed E-state index contributed by atoms with van der Waals surface area (Å²) < 4.78 is 6.00. The summed E-state index contributed by atoms with van der Waals surface area (Å²) >= 11 is 6.39. The summed E-state index contributed by atoms with van der Waals surface area (Å²) in [5, 5.41) is 1.44. The summed E-state index contributed by atoms with van der Waals surface area (Å²) in [5.74, 6) is 0.722. The molecule has 0 aliphatic heterocycles. The SMILES string of the molecule is CC(C)c1cc2cc(Cl)c(O[C@H](C)c3ccccc3)cc2[nH]c1=O. The number of fused-ring (bicyclic) bond motifs is 1.